The van der Waals surface area contributed by atoms with E-state index in [0.29, 0.717) is 0 Å². The van der Waals surface area contributed by atoms with Crippen molar-refractivity contribution in [1.82, 2.24) is 5.32 Å². The third kappa shape index (κ3) is 3.81. The van der Waals surface area contributed by atoms with E-state index in [-0.39, 0.29) is 17.7 Å². The number of aliphatic hydroxyl groups is 1. The standard InChI is InChI=1S/C12H15FN2O3/c1-12(2,18)6-15-11(17)8-4-3-7(13)5-9(8)10(14)16/h3-5,18H,6H2,1-2H3,(H2,14,16)(H,15,17). The number of nitrogens with one attached hydrogen (secondary N) is 1. The van der Waals surface area contributed by atoms with Crippen LogP contribution in [0, 0.1) is 5.82 Å². The number of carbonyl (C=O) groups excluding carboxylic acids is 2. The lowest BCUT2D eigenvalue weighted by molar-refractivity contribution is 0.0693. The molecule has 0 heterocycles. The molecule has 0 bridgehead atoms. The maximum absolute atomic E-state index is 13.0. The van der Waals surface area contributed by atoms with Crippen molar-refractivity contribution in [2.24, 2.45) is 5.73 Å². The summed E-state index contributed by atoms with van der Waals surface area (Å²) in [6.07, 6.45) is 0. The molecule has 0 radical (unpaired) electrons. The van der Waals surface area contributed by atoms with Gasteiger partial charge in [-0.25, -0.2) is 4.39 Å². The number of hydrogen-bond acceptors (Lipinski definition) is 3. The van der Waals surface area contributed by atoms with E-state index in [1.165, 1.54) is 19.9 Å². The Bertz CT molecular complexity index is 481. The molecule has 18 heavy (non-hydrogen) atoms. The number of hydrogen-bond donors (Lipinski definition) is 3. The largest absolute Gasteiger partial charge is 0.389 e. The first-order valence-corrected chi connectivity index (χ1v) is 5.30. The molecule has 0 aliphatic carbocycles. The molecule has 4 N–H and O–H groups in total. The van der Waals surface area contributed by atoms with Gasteiger partial charge in [0.15, 0.2) is 0 Å². The minimum atomic E-state index is -1.08. The molecule has 2 amide bonds. The molecule has 0 aromatic heterocycles. The summed E-state index contributed by atoms with van der Waals surface area (Å²) in [5.41, 5.74) is 3.78. The molecule has 1 aromatic carbocycles. The molecule has 0 atom stereocenters. The van der Waals surface area contributed by atoms with E-state index < -0.39 is 23.2 Å². The summed E-state index contributed by atoms with van der Waals surface area (Å²) in [5, 5.41) is 11.9. The molecule has 98 valence electrons. The van der Waals surface area contributed by atoms with Gasteiger partial charge in [0.2, 0.25) is 5.91 Å². The van der Waals surface area contributed by atoms with Gasteiger partial charge in [0.1, 0.15) is 5.82 Å². The summed E-state index contributed by atoms with van der Waals surface area (Å²) in [7, 11) is 0. The van der Waals surface area contributed by atoms with E-state index in [2.05, 4.69) is 5.32 Å². The highest BCUT2D eigenvalue weighted by Crippen LogP contribution is 2.11. The second kappa shape index (κ2) is 5.14. The highest BCUT2D eigenvalue weighted by Gasteiger charge is 2.19. The molecule has 0 saturated heterocycles. The summed E-state index contributed by atoms with van der Waals surface area (Å²) in [4.78, 5) is 22.9. The predicted octanol–water partition coefficient (Wildman–Crippen LogP) is 0.425. The van der Waals surface area contributed by atoms with E-state index in [1.54, 1.807) is 0 Å². The van der Waals surface area contributed by atoms with Gasteiger partial charge in [0.25, 0.3) is 5.91 Å². The van der Waals surface area contributed by atoms with E-state index in [1.807, 2.05) is 0 Å². The summed E-state index contributed by atoms with van der Waals surface area (Å²) < 4.78 is 13.0. The Morgan fingerprint density at radius 1 is 1.39 bits per heavy atom. The Morgan fingerprint density at radius 2 is 2.00 bits per heavy atom. The van der Waals surface area contributed by atoms with Gasteiger partial charge in [0.05, 0.1) is 16.7 Å². The van der Waals surface area contributed by atoms with Crippen molar-refractivity contribution in [2.75, 3.05) is 6.54 Å². The quantitative estimate of drug-likeness (QED) is 0.727. The lowest BCUT2D eigenvalue weighted by Gasteiger charge is -2.18. The fourth-order valence-electron chi connectivity index (χ4n) is 1.31. The average Bonchev–Trinajstić information content (AvgIpc) is 2.24. The molecule has 0 aliphatic heterocycles. The summed E-state index contributed by atoms with van der Waals surface area (Å²) in [6.45, 7) is 3.04. The Kier molecular flexibility index (Phi) is 4.03. The number of benzene rings is 1. The molecule has 0 aliphatic rings. The lowest BCUT2D eigenvalue weighted by atomic mass is 10.1. The molecule has 0 saturated carbocycles. The first-order valence-electron chi connectivity index (χ1n) is 5.30. The molecule has 6 heteroatoms. The smallest absolute Gasteiger partial charge is 0.252 e. The Morgan fingerprint density at radius 3 is 2.50 bits per heavy atom. The van der Waals surface area contributed by atoms with Gasteiger partial charge < -0.3 is 16.2 Å². The topological polar surface area (TPSA) is 92.4 Å². The van der Waals surface area contributed by atoms with Crippen LogP contribution < -0.4 is 11.1 Å². The third-order valence-electron chi connectivity index (χ3n) is 2.17. The molecule has 1 aromatic rings. The zero-order valence-corrected chi connectivity index (χ0v) is 10.2. The summed E-state index contributed by atoms with van der Waals surface area (Å²) in [6, 6.07) is 3.14. The second-order valence-corrected chi connectivity index (χ2v) is 4.55. The van der Waals surface area contributed by atoms with Crippen molar-refractivity contribution in [3.05, 3.63) is 35.1 Å². The van der Waals surface area contributed by atoms with E-state index in [0.717, 1.165) is 12.1 Å². The van der Waals surface area contributed by atoms with Crippen molar-refractivity contribution in [2.45, 2.75) is 19.4 Å². The SMILES string of the molecule is CC(C)(O)CNC(=O)c1ccc(F)cc1C(N)=O. The lowest BCUT2D eigenvalue weighted by Crippen LogP contribution is -2.38. The second-order valence-electron chi connectivity index (χ2n) is 4.55. The third-order valence-corrected chi connectivity index (χ3v) is 2.17. The van der Waals surface area contributed by atoms with Crippen molar-refractivity contribution in [3.8, 4) is 0 Å². The van der Waals surface area contributed by atoms with E-state index in [4.69, 9.17) is 5.73 Å². The molecule has 0 spiro atoms. The van der Waals surface area contributed by atoms with Gasteiger partial charge in [-0.1, -0.05) is 0 Å². The maximum Gasteiger partial charge on any atom is 0.252 e. The van der Waals surface area contributed by atoms with Gasteiger partial charge in [-0.2, -0.15) is 0 Å². The highest BCUT2D eigenvalue weighted by atomic mass is 19.1. The number of nitrogens with two attached hydrogens (primary N) is 1. The minimum Gasteiger partial charge on any atom is -0.389 e. The number of primary amides is 1. The number of carbonyl (C=O) groups is 2. The van der Waals surface area contributed by atoms with Gasteiger partial charge >= 0.3 is 0 Å². The van der Waals surface area contributed by atoms with Crippen molar-refractivity contribution in [1.29, 1.82) is 0 Å². The zero-order valence-electron chi connectivity index (χ0n) is 10.2. The van der Waals surface area contributed by atoms with Crippen molar-refractivity contribution >= 4 is 11.8 Å². The van der Waals surface area contributed by atoms with Crippen LogP contribution in [0.5, 0.6) is 0 Å². The van der Waals surface area contributed by atoms with Gasteiger partial charge in [-0.3, -0.25) is 9.59 Å². The average molecular weight is 254 g/mol. The van der Waals surface area contributed by atoms with Crippen molar-refractivity contribution < 1.29 is 19.1 Å². The fraction of sp³-hybridized carbons (Fsp3) is 0.333. The highest BCUT2D eigenvalue weighted by molar-refractivity contribution is 6.06. The molecule has 5 nitrogen and oxygen atoms in total. The monoisotopic (exact) mass is 254 g/mol. The summed E-state index contributed by atoms with van der Waals surface area (Å²) >= 11 is 0. The van der Waals surface area contributed by atoms with Crippen LogP contribution in [0.4, 0.5) is 4.39 Å². The van der Waals surface area contributed by atoms with Crippen LogP contribution in [0.2, 0.25) is 0 Å². The van der Waals surface area contributed by atoms with Crippen LogP contribution in [-0.2, 0) is 0 Å². The molecule has 1 rings (SSSR count). The fourth-order valence-corrected chi connectivity index (χ4v) is 1.31. The van der Waals surface area contributed by atoms with Crippen LogP contribution in [0.15, 0.2) is 18.2 Å². The minimum absolute atomic E-state index is 0.00140. The van der Waals surface area contributed by atoms with Crippen LogP contribution in [0.3, 0.4) is 0 Å². The van der Waals surface area contributed by atoms with Crippen LogP contribution in [-0.4, -0.2) is 29.1 Å². The number of rotatable bonds is 4. The molecule has 0 fully saturated rings. The van der Waals surface area contributed by atoms with Crippen LogP contribution >= 0.6 is 0 Å². The van der Waals surface area contributed by atoms with Crippen LogP contribution in [0.25, 0.3) is 0 Å². The zero-order chi connectivity index (χ0) is 13.9. The van der Waals surface area contributed by atoms with Gasteiger partial charge in [-0.05, 0) is 32.0 Å². The Hall–Kier alpha value is -1.95. The maximum atomic E-state index is 13.0. The molecular formula is C12H15FN2O3. The Balaban J connectivity index is 2.95. The number of amides is 2. The molecule has 0 unspecified atom stereocenters. The predicted molar refractivity (Wildman–Crippen MR) is 63.5 cm³/mol. The first-order chi connectivity index (χ1) is 8.20. The van der Waals surface area contributed by atoms with E-state index in [9.17, 15) is 19.1 Å². The normalized spacial score (nSPS) is 11.1. The first kappa shape index (κ1) is 14.1. The Labute approximate surface area is 104 Å². The van der Waals surface area contributed by atoms with E-state index >= 15 is 0 Å². The van der Waals surface area contributed by atoms with Crippen LogP contribution in [0.1, 0.15) is 34.6 Å². The molecular weight excluding hydrogens is 239 g/mol. The number of halogens is 1. The van der Waals surface area contributed by atoms with Gasteiger partial charge in [0, 0.05) is 6.54 Å². The summed E-state index contributed by atoms with van der Waals surface area (Å²) in [5.74, 6) is -2.13. The van der Waals surface area contributed by atoms with Gasteiger partial charge in [-0.15, -0.1) is 0 Å². The van der Waals surface area contributed by atoms with Crippen molar-refractivity contribution in [3.63, 3.8) is 0 Å².